The summed E-state index contributed by atoms with van der Waals surface area (Å²) >= 11 is 0. The summed E-state index contributed by atoms with van der Waals surface area (Å²) in [5.74, 6) is 1.38. The van der Waals surface area contributed by atoms with Crippen molar-refractivity contribution >= 4 is 23.3 Å². The van der Waals surface area contributed by atoms with Crippen LogP contribution in [0.1, 0.15) is 42.5 Å². The van der Waals surface area contributed by atoms with E-state index < -0.39 is 0 Å². The Bertz CT molecular complexity index is 806. The SMILES string of the molecule is O=C1CNc2ncc(C(=O)N3CCCCC3CN3CCOCC3)cc2N1CC1CC1. The maximum atomic E-state index is 13.5. The number of nitrogens with zero attached hydrogens (tertiary/aromatic N) is 4. The number of aromatic nitrogens is 1. The van der Waals surface area contributed by atoms with Crippen LogP contribution in [0.3, 0.4) is 0 Å². The van der Waals surface area contributed by atoms with Gasteiger partial charge in [-0.3, -0.25) is 14.5 Å². The molecule has 30 heavy (non-hydrogen) atoms. The van der Waals surface area contributed by atoms with Gasteiger partial charge in [-0.15, -0.1) is 0 Å². The molecule has 1 unspecified atom stereocenters. The van der Waals surface area contributed by atoms with E-state index in [4.69, 9.17) is 4.74 Å². The van der Waals surface area contributed by atoms with Crippen molar-refractivity contribution in [3.05, 3.63) is 17.8 Å². The second-order valence-corrected chi connectivity index (χ2v) is 8.95. The molecule has 1 aromatic rings. The highest BCUT2D eigenvalue weighted by Gasteiger charge is 2.34. The van der Waals surface area contributed by atoms with Gasteiger partial charge in [-0.05, 0) is 44.1 Å². The average Bonchev–Trinajstić information content (AvgIpc) is 3.60. The molecule has 8 nitrogen and oxygen atoms in total. The highest BCUT2D eigenvalue weighted by Crippen LogP contribution is 2.35. The molecule has 4 heterocycles. The van der Waals surface area contributed by atoms with Crippen LogP contribution in [0.2, 0.25) is 0 Å². The van der Waals surface area contributed by atoms with Crippen LogP contribution >= 0.6 is 0 Å². The standard InChI is InChI=1S/C22H31N5O3/c28-20-13-24-21-19(27(20)14-16-4-5-16)11-17(12-23-21)22(29)26-6-2-1-3-18(26)15-25-7-9-30-10-8-25/h11-12,16,18H,1-10,13-15H2,(H,23,24). The Kier molecular flexibility index (Phi) is 5.60. The summed E-state index contributed by atoms with van der Waals surface area (Å²) in [5.41, 5.74) is 1.34. The number of nitrogens with one attached hydrogen (secondary N) is 1. The van der Waals surface area contributed by atoms with Gasteiger partial charge < -0.3 is 19.9 Å². The van der Waals surface area contributed by atoms with Crippen LogP contribution in [-0.4, -0.2) is 85.1 Å². The molecule has 3 fully saturated rings. The predicted molar refractivity (Wildman–Crippen MR) is 114 cm³/mol. The summed E-state index contributed by atoms with van der Waals surface area (Å²) in [7, 11) is 0. The number of ether oxygens (including phenoxy) is 1. The summed E-state index contributed by atoms with van der Waals surface area (Å²) in [4.78, 5) is 36.8. The Morgan fingerprint density at radius 1 is 1.13 bits per heavy atom. The van der Waals surface area contributed by atoms with Crippen molar-refractivity contribution in [1.82, 2.24) is 14.8 Å². The van der Waals surface area contributed by atoms with Gasteiger partial charge in [0, 0.05) is 45.0 Å². The summed E-state index contributed by atoms with van der Waals surface area (Å²) in [5, 5.41) is 3.10. The van der Waals surface area contributed by atoms with E-state index in [0.717, 1.165) is 70.9 Å². The molecule has 2 saturated heterocycles. The number of carbonyl (C=O) groups excluding carboxylic acids is 2. The fraction of sp³-hybridized carbons (Fsp3) is 0.682. The van der Waals surface area contributed by atoms with Gasteiger partial charge in [-0.25, -0.2) is 4.98 Å². The molecule has 1 aromatic heterocycles. The Balaban J connectivity index is 1.35. The highest BCUT2D eigenvalue weighted by atomic mass is 16.5. The molecule has 1 atom stereocenters. The van der Waals surface area contributed by atoms with E-state index in [-0.39, 0.29) is 24.4 Å². The number of hydrogen-bond donors (Lipinski definition) is 1. The lowest BCUT2D eigenvalue weighted by Gasteiger charge is -2.40. The molecule has 8 heteroatoms. The van der Waals surface area contributed by atoms with Crippen LogP contribution in [0.5, 0.6) is 0 Å². The predicted octanol–water partition coefficient (Wildman–Crippen LogP) is 1.58. The van der Waals surface area contributed by atoms with Crippen molar-refractivity contribution in [3.8, 4) is 0 Å². The molecule has 2 amide bonds. The number of amides is 2. The maximum absolute atomic E-state index is 13.5. The second kappa shape index (κ2) is 8.51. The molecular formula is C22H31N5O3. The molecule has 1 aliphatic carbocycles. The van der Waals surface area contributed by atoms with E-state index in [0.29, 0.717) is 17.3 Å². The first-order valence-corrected chi connectivity index (χ1v) is 11.3. The molecule has 0 radical (unpaired) electrons. The minimum Gasteiger partial charge on any atom is -0.379 e. The van der Waals surface area contributed by atoms with Crippen LogP contribution in [0.15, 0.2) is 12.3 Å². The van der Waals surface area contributed by atoms with Crippen LogP contribution in [-0.2, 0) is 9.53 Å². The molecule has 4 aliphatic rings. The average molecular weight is 414 g/mol. The Hall–Kier alpha value is -2.19. The number of carbonyl (C=O) groups is 2. The van der Waals surface area contributed by atoms with E-state index in [9.17, 15) is 9.59 Å². The quantitative estimate of drug-likeness (QED) is 0.790. The lowest BCUT2D eigenvalue weighted by atomic mass is 10.00. The molecular weight excluding hydrogens is 382 g/mol. The molecule has 3 aliphatic heterocycles. The highest BCUT2D eigenvalue weighted by molar-refractivity contribution is 6.04. The Labute approximate surface area is 177 Å². The van der Waals surface area contributed by atoms with E-state index in [1.807, 2.05) is 15.9 Å². The fourth-order valence-electron chi connectivity index (χ4n) is 4.77. The van der Waals surface area contributed by atoms with Crippen LogP contribution in [0.4, 0.5) is 11.5 Å². The van der Waals surface area contributed by atoms with Crippen molar-refractivity contribution in [1.29, 1.82) is 0 Å². The number of hydrogen-bond acceptors (Lipinski definition) is 6. The number of morpholine rings is 1. The second-order valence-electron chi connectivity index (χ2n) is 8.95. The number of piperidine rings is 1. The zero-order chi connectivity index (χ0) is 20.5. The van der Waals surface area contributed by atoms with Gasteiger partial charge in [0.2, 0.25) is 5.91 Å². The number of likely N-dealkylation sites (tertiary alicyclic amines) is 1. The van der Waals surface area contributed by atoms with Crippen molar-refractivity contribution in [3.63, 3.8) is 0 Å². The molecule has 0 aromatic carbocycles. The summed E-state index contributed by atoms with van der Waals surface area (Å²) in [6.45, 7) is 6.10. The van der Waals surface area contributed by atoms with Gasteiger partial charge in [0.05, 0.1) is 31.0 Å². The summed E-state index contributed by atoms with van der Waals surface area (Å²) in [6.07, 6.45) is 7.26. The monoisotopic (exact) mass is 413 g/mol. The van der Waals surface area contributed by atoms with Crippen LogP contribution in [0.25, 0.3) is 0 Å². The summed E-state index contributed by atoms with van der Waals surface area (Å²) in [6, 6.07) is 2.10. The lowest BCUT2D eigenvalue weighted by Crippen LogP contribution is -2.51. The normalized spacial score (nSPS) is 25.1. The molecule has 1 N–H and O–H groups in total. The number of pyridine rings is 1. The lowest BCUT2D eigenvalue weighted by molar-refractivity contribution is -0.117. The third-order valence-corrected chi connectivity index (χ3v) is 6.71. The topological polar surface area (TPSA) is 78.0 Å². The van der Waals surface area contributed by atoms with Crippen LogP contribution < -0.4 is 10.2 Å². The maximum Gasteiger partial charge on any atom is 0.255 e. The van der Waals surface area contributed by atoms with E-state index in [1.54, 1.807) is 6.20 Å². The first kappa shape index (κ1) is 19.8. The molecule has 1 saturated carbocycles. The number of anilines is 2. The van der Waals surface area contributed by atoms with Gasteiger partial charge in [-0.1, -0.05) is 0 Å². The van der Waals surface area contributed by atoms with Crippen molar-refractivity contribution in [2.75, 3.05) is 62.7 Å². The Morgan fingerprint density at radius 3 is 2.77 bits per heavy atom. The smallest absolute Gasteiger partial charge is 0.255 e. The first-order chi connectivity index (χ1) is 14.7. The Morgan fingerprint density at radius 2 is 1.97 bits per heavy atom. The van der Waals surface area contributed by atoms with Gasteiger partial charge in [0.15, 0.2) is 0 Å². The third-order valence-electron chi connectivity index (χ3n) is 6.71. The van der Waals surface area contributed by atoms with Gasteiger partial charge in [0.25, 0.3) is 5.91 Å². The van der Waals surface area contributed by atoms with E-state index in [1.165, 1.54) is 12.8 Å². The number of rotatable bonds is 5. The molecule has 0 spiro atoms. The minimum absolute atomic E-state index is 0.0349. The third kappa shape index (κ3) is 4.16. The van der Waals surface area contributed by atoms with E-state index >= 15 is 0 Å². The zero-order valence-corrected chi connectivity index (χ0v) is 17.5. The fourth-order valence-corrected chi connectivity index (χ4v) is 4.77. The van der Waals surface area contributed by atoms with Crippen molar-refractivity contribution in [2.24, 2.45) is 5.92 Å². The van der Waals surface area contributed by atoms with Gasteiger partial charge >= 0.3 is 0 Å². The molecule has 5 rings (SSSR count). The van der Waals surface area contributed by atoms with Crippen molar-refractivity contribution < 1.29 is 14.3 Å². The zero-order valence-electron chi connectivity index (χ0n) is 17.5. The van der Waals surface area contributed by atoms with E-state index in [2.05, 4.69) is 15.2 Å². The van der Waals surface area contributed by atoms with Gasteiger partial charge in [0.1, 0.15) is 5.82 Å². The first-order valence-electron chi connectivity index (χ1n) is 11.3. The summed E-state index contributed by atoms with van der Waals surface area (Å²) < 4.78 is 5.47. The van der Waals surface area contributed by atoms with Crippen LogP contribution in [0, 0.1) is 5.92 Å². The molecule has 162 valence electrons. The number of fused-ring (bicyclic) bond motifs is 1. The van der Waals surface area contributed by atoms with Gasteiger partial charge in [-0.2, -0.15) is 0 Å². The minimum atomic E-state index is 0.0349. The largest absolute Gasteiger partial charge is 0.379 e. The molecule has 0 bridgehead atoms. The van der Waals surface area contributed by atoms with Crippen molar-refractivity contribution in [2.45, 2.75) is 38.1 Å².